The molecule has 1 N–H and O–H groups in total. The Kier molecular flexibility index (Phi) is 4.43. The van der Waals surface area contributed by atoms with Crippen molar-refractivity contribution in [3.05, 3.63) is 36.9 Å². The van der Waals surface area contributed by atoms with Crippen LogP contribution in [0, 0.1) is 0 Å². The Morgan fingerprint density at radius 3 is 2.91 bits per heavy atom. The van der Waals surface area contributed by atoms with E-state index in [4.69, 9.17) is 0 Å². The molecule has 1 aliphatic heterocycles. The highest BCUT2D eigenvalue weighted by atomic mass is 16.2. The van der Waals surface area contributed by atoms with Gasteiger partial charge in [-0.25, -0.2) is 9.97 Å². The predicted molar refractivity (Wildman–Crippen MR) is 82.1 cm³/mol. The first-order valence-corrected chi connectivity index (χ1v) is 7.55. The summed E-state index contributed by atoms with van der Waals surface area (Å²) in [6.45, 7) is 3.67. The van der Waals surface area contributed by atoms with Crippen LogP contribution in [-0.4, -0.2) is 49.2 Å². The molecule has 0 aromatic carbocycles. The summed E-state index contributed by atoms with van der Waals surface area (Å²) in [6.07, 6.45) is 9.15. The van der Waals surface area contributed by atoms with Gasteiger partial charge in [-0.2, -0.15) is 5.10 Å². The van der Waals surface area contributed by atoms with Crippen molar-refractivity contribution < 1.29 is 4.79 Å². The van der Waals surface area contributed by atoms with Gasteiger partial charge in [0.2, 0.25) is 11.9 Å². The van der Waals surface area contributed by atoms with E-state index >= 15 is 0 Å². The van der Waals surface area contributed by atoms with Gasteiger partial charge in [-0.05, 0) is 38.4 Å². The molecule has 7 heteroatoms. The molecule has 2 unspecified atom stereocenters. The minimum absolute atomic E-state index is 0.0708. The third-order valence-electron chi connectivity index (χ3n) is 4.06. The van der Waals surface area contributed by atoms with E-state index in [0.29, 0.717) is 12.0 Å². The van der Waals surface area contributed by atoms with Crippen LogP contribution < -0.4 is 5.32 Å². The predicted octanol–water partition coefficient (Wildman–Crippen LogP) is 1.16. The largest absolute Gasteiger partial charge is 0.293 e. The number of carbonyl (C=O) groups is 1. The second kappa shape index (κ2) is 6.65. The van der Waals surface area contributed by atoms with Crippen molar-refractivity contribution >= 4 is 11.9 Å². The molecule has 1 saturated heterocycles. The van der Waals surface area contributed by atoms with Gasteiger partial charge in [-0.15, -0.1) is 0 Å². The Labute approximate surface area is 129 Å². The quantitative estimate of drug-likeness (QED) is 0.897. The Balaban J connectivity index is 1.62. The van der Waals surface area contributed by atoms with Crippen molar-refractivity contribution in [3.8, 4) is 0 Å². The van der Waals surface area contributed by atoms with E-state index in [0.717, 1.165) is 25.9 Å². The third-order valence-corrected chi connectivity index (χ3v) is 4.06. The molecule has 2 aromatic rings. The van der Waals surface area contributed by atoms with Crippen LogP contribution in [0.15, 0.2) is 36.9 Å². The third kappa shape index (κ3) is 3.30. The van der Waals surface area contributed by atoms with Crippen LogP contribution in [0.4, 0.5) is 5.95 Å². The summed E-state index contributed by atoms with van der Waals surface area (Å²) >= 11 is 0. The van der Waals surface area contributed by atoms with E-state index in [2.05, 4.69) is 25.3 Å². The highest BCUT2D eigenvalue weighted by molar-refractivity contribution is 5.93. The first-order valence-electron chi connectivity index (χ1n) is 7.55. The monoisotopic (exact) mass is 300 g/mol. The lowest BCUT2D eigenvalue weighted by molar-refractivity contribution is -0.121. The lowest BCUT2D eigenvalue weighted by Gasteiger charge is -2.29. The zero-order valence-corrected chi connectivity index (χ0v) is 12.6. The molecule has 3 rings (SSSR count). The summed E-state index contributed by atoms with van der Waals surface area (Å²) in [5.41, 5.74) is 0. The minimum Gasteiger partial charge on any atom is -0.293 e. The van der Waals surface area contributed by atoms with Crippen LogP contribution >= 0.6 is 0 Å². The Morgan fingerprint density at radius 1 is 1.36 bits per heavy atom. The van der Waals surface area contributed by atoms with E-state index in [9.17, 15) is 4.79 Å². The first kappa shape index (κ1) is 14.6. The summed E-state index contributed by atoms with van der Waals surface area (Å²) < 4.78 is 1.92. The lowest BCUT2D eigenvalue weighted by atomic mass is 10.2. The SMILES string of the molecule is CC(C(=O)Nc1ncccn1)N1CCCC1Cn1cccn1. The van der Waals surface area contributed by atoms with E-state index < -0.39 is 0 Å². The number of rotatable bonds is 5. The molecule has 2 aromatic heterocycles. The van der Waals surface area contributed by atoms with Gasteiger partial charge in [-0.1, -0.05) is 0 Å². The number of anilines is 1. The molecular formula is C15H20N6O. The molecule has 3 heterocycles. The summed E-state index contributed by atoms with van der Waals surface area (Å²) in [5, 5.41) is 7.03. The van der Waals surface area contributed by atoms with Gasteiger partial charge < -0.3 is 0 Å². The van der Waals surface area contributed by atoms with Gasteiger partial charge in [0, 0.05) is 30.8 Å². The average Bonchev–Trinajstić information content (AvgIpc) is 3.20. The molecule has 1 amide bonds. The van der Waals surface area contributed by atoms with Crippen LogP contribution in [-0.2, 0) is 11.3 Å². The normalized spacial score (nSPS) is 20.0. The van der Waals surface area contributed by atoms with Crippen LogP contribution in [0.25, 0.3) is 0 Å². The number of carbonyl (C=O) groups excluding carboxylic acids is 1. The van der Waals surface area contributed by atoms with Gasteiger partial charge in [0.05, 0.1) is 12.6 Å². The lowest BCUT2D eigenvalue weighted by Crippen LogP contribution is -2.46. The molecule has 0 bridgehead atoms. The number of nitrogens with one attached hydrogen (secondary N) is 1. The molecular weight excluding hydrogens is 280 g/mol. The molecule has 116 valence electrons. The van der Waals surface area contributed by atoms with Gasteiger partial charge in [-0.3, -0.25) is 19.7 Å². The standard InChI is InChI=1S/C15H20N6O/c1-12(14(22)19-15-16-6-3-7-17-15)21-10-2-5-13(21)11-20-9-4-8-18-20/h3-4,6-9,12-13H,2,5,10-11H2,1H3,(H,16,17,19,22). The maximum absolute atomic E-state index is 12.4. The van der Waals surface area contributed by atoms with Crippen molar-refractivity contribution in [2.75, 3.05) is 11.9 Å². The molecule has 1 fully saturated rings. The fraction of sp³-hybridized carbons (Fsp3) is 0.467. The Bertz CT molecular complexity index is 600. The topological polar surface area (TPSA) is 75.9 Å². The molecule has 1 aliphatic rings. The van der Waals surface area contributed by atoms with Crippen molar-refractivity contribution in [2.24, 2.45) is 0 Å². The zero-order valence-electron chi connectivity index (χ0n) is 12.6. The van der Waals surface area contributed by atoms with Gasteiger partial charge >= 0.3 is 0 Å². The fourth-order valence-corrected chi connectivity index (χ4v) is 2.92. The average molecular weight is 300 g/mol. The summed E-state index contributed by atoms with van der Waals surface area (Å²) in [5.74, 6) is 0.278. The molecule has 0 spiro atoms. The number of amides is 1. The maximum atomic E-state index is 12.4. The number of hydrogen-bond donors (Lipinski definition) is 1. The first-order chi connectivity index (χ1) is 10.7. The van der Waals surface area contributed by atoms with Crippen molar-refractivity contribution in [2.45, 2.75) is 38.4 Å². The molecule has 0 radical (unpaired) electrons. The second-order valence-corrected chi connectivity index (χ2v) is 5.50. The Morgan fingerprint density at radius 2 is 2.18 bits per heavy atom. The summed E-state index contributed by atoms with van der Waals surface area (Å²) in [4.78, 5) is 22.7. The van der Waals surface area contributed by atoms with E-state index in [1.165, 1.54) is 0 Å². The number of aromatic nitrogens is 4. The summed E-state index contributed by atoms with van der Waals surface area (Å²) in [7, 11) is 0. The molecule has 22 heavy (non-hydrogen) atoms. The highest BCUT2D eigenvalue weighted by Crippen LogP contribution is 2.22. The molecule has 0 saturated carbocycles. The second-order valence-electron chi connectivity index (χ2n) is 5.50. The fourth-order valence-electron chi connectivity index (χ4n) is 2.92. The van der Waals surface area contributed by atoms with Gasteiger partial charge in [0.15, 0.2) is 0 Å². The molecule has 7 nitrogen and oxygen atoms in total. The van der Waals surface area contributed by atoms with E-state index in [-0.39, 0.29) is 11.9 Å². The van der Waals surface area contributed by atoms with E-state index in [1.807, 2.05) is 23.9 Å². The number of likely N-dealkylation sites (tertiary alicyclic amines) is 1. The number of nitrogens with zero attached hydrogens (tertiary/aromatic N) is 5. The van der Waals surface area contributed by atoms with Crippen molar-refractivity contribution in [3.63, 3.8) is 0 Å². The summed E-state index contributed by atoms with van der Waals surface area (Å²) in [6, 6.07) is 3.76. The maximum Gasteiger partial charge on any atom is 0.243 e. The highest BCUT2D eigenvalue weighted by Gasteiger charge is 2.32. The molecule has 2 atom stereocenters. The van der Waals surface area contributed by atoms with Crippen LogP contribution in [0.5, 0.6) is 0 Å². The smallest absolute Gasteiger partial charge is 0.243 e. The van der Waals surface area contributed by atoms with Crippen molar-refractivity contribution in [1.82, 2.24) is 24.6 Å². The number of hydrogen-bond acceptors (Lipinski definition) is 5. The van der Waals surface area contributed by atoms with Crippen LogP contribution in [0.2, 0.25) is 0 Å². The van der Waals surface area contributed by atoms with E-state index in [1.54, 1.807) is 24.7 Å². The van der Waals surface area contributed by atoms with Crippen LogP contribution in [0.1, 0.15) is 19.8 Å². The van der Waals surface area contributed by atoms with Gasteiger partial charge in [0.25, 0.3) is 0 Å². The van der Waals surface area contributed by atoms with Gasteiger partial charge in [0.1, 0.15) is 0 Å². The Hall–Kier alpha value is -2.28. The zero-order chi connectivity index (χ0) is 15.4. The van der Waals surface area contributed by atoms with Crippen LogP contribution in [0.3, 0.4) is 0 Å². The minimum atomic E-state index is -0.216. The van der Waals surface area contributed by atoms with Crippen molar-refractivity contribution in [1.29, 1.82) is 0 Å². The molecule has 0 aliphatic carbocycles.